The van der Waals surface area contributed by atoms with Crippen molar-refractivity contribution in [1.82, 2.24) is 24.4 Å². The zero-order valence-electron chi connectivity index (χ0n) is 17.2. The zero-order valence-corrected chi connectivity index (χ0v) is 17.2. The van der Waals surface area contributed by atoms with Crippen LogP contribution in [0.5, 0.6) is 5.75 Å². The largest absolute Gasteiger partial charge is 0.496 e. The van der Waals surface area contributed by atoms with Gasteiger partial charge in [-0.1, -0.05) is 36.4 Å². The molecule has 5 aromatic rings. The fraction of sp³-hybridized carbons (Fsp3) is 0.125. The van der Waals surface area contributed by atoms with Crippen molar-refractivity contribution in [2.24, 2.45) is 7.05 Å². The molecule has 0 spiro atoms. The first-order valence-corrected chi connectivity index (χ1v) is 9.95. The molecule has 0 saturated carbocycles. The molecule has 0 aliphatic carbocycles. The summed E-state index contributed by atoms with van der Waals surface area (Å²) in [6.07, 6.45) is 3.35. The Bertz CT molecular complexity index is 1400. The highest BCUT2D eigenvalue weighted by atomic mass is 16.5. The summed E-state index contributed by atoms with van der Waals surface area (Å²) in [5, 5.41) is 4.05. The van der Waals surface area contributed by atoms with Gasteiger partial charge in [0.25, 0.3) is 5.91 Å². The summed E-state index contributed by atoms with van der Waals surface area (Å²) in [7, 11) is 3.62. The molecule has 0 bridgehead atoms. The van der Waals surface area contributed by atoms with Gasteiger partial charge in [-0.3, -0.25) is 9.36 Å². The Labute approximate surface area is 178 Å². The van der Waals surface area contributed by atoms with E-state index in [9.17, 15) is 4.79 Å². The smallest absolute Gasteiger partial charge is 0.268 e. The summed E-state index contributed by atoms with van der Waals surface area (Å²) < 4.78 is 9.31. The molecular weight excluding hydrogens is 390 g/mol. The lowest BCUT2D eigenvalue weighted by molar-refractivity contribution is 0.0944. The molecule has 5 rings (SSSR count). The molecule has 0 saturated heterocycles. The van der Waals surface area contributed by atoms with Gasteiger partial charge >= 0.3 is 0 Å². The van der Waals surface area contributed by atoms with Crippen molar-refractivity contribution in [3.63, 3.8) is 0 Å². The number of hydrogen-bond donors (Lipinski definition) is 1. The Morgan fingerprint density at radius 1 is 1.00 bits per heavy atom. The Kier molecular flexibility index (Phi) is 4.63. The van der Waals surface area contributed by atoms with E-state index in [1.165, 1.54) is 0 Å². The number of methoxy groups -OCH3 is 1. The van der Waals surface area contributed by atoms with Crippen molar-refractivity contribution in [2.45, 2.75) is 6.54 Å². The molecule has 7 nitrogen and oxygen atoms in total. The van der Waals surface area contributed by atoms with Crippen LogP contribution in [0.25, 0.3) is 27.9 Å². The SMILES string of the molecule is COc1ccccc1CNC(=O)c1cc2c(c3ccccc3n2C)n1-c1ncccn1. The number of aryl methyl sites for hydroxylation is 1. The third-order valence-corrected chi connectivity index (χ3v) is 5.48. The summed E-state index contributed by atoms with van der Waals surface area (Å²) in [6.45, 7) is 0.348. The maximum Gasteiger partial charge on any atom is 0.268 e. The second-order valence-electron chi connectivity index (χ2n) is 7.22. The van der Waals surface area contributed by atoms with Crippen LogP contribution in [-0.2, 0) is 13.6 Å². The molecule has 3 aromatic heterocycles. The van der Waals surface area contributed by atoms with E-state index in [0.29, 0.717) is 18.2 Å². The predicted molar refractivity (Wildman–Crippen MR) is 120 cm³/mol. The van der Waals surface area contributed by atoms with Gasteiger partial charge in [0.1, 0.15) is 11.4 Å². The minimum Gasteiger partial charge on any atom is -0.496 e. The molecular formula is C24H21N5O2. The maximum atomic E-state index is 13.3. The second kappa shape index (κ2) is 7.60. The van der Waals surface area contributed by atoms with E-state index >= 15 is 0 Å². The highest BCUT2D eigenvalue weighted by molar-refractivity contribution is 6.10. The van der Waals surface area contributed by atoms with Gasteiger partial charge in [0, 0.05) is 36.9 Å². The van der Waals surface area contributed by atoms with Gasteiger partial charge in [-0.05, 0) is 24.3 Å². The number of nitrogens with one attached hydrogen (secondary N) is 1. The lowest BCUT2D eigenvalue weighted by Gasteiger charge is -2.11. The van der Waals surface area contributed by atoms with E-state index in [4.69, 9.17) is 4.74 Å². The van der Waals surface area contributed by atoms with Gasteiger partial charge in [-0.2, -0.15) is 0 Å². The lowest BCUT2D eigenvalue weighted by atomic mass is 10.2. The molecule has 154 valence electrons. The number of carbonyl (C=O) groups is 1. The predicted octanol–water partition coefficient (Wildman–Crippen LogP) is 3.85. The van der Waals surface area contributed by atoms with E-state index in [0.717, 1.165) is 33.2 Å². The number of fused-ring (bicyclic) bond motifs is 3. The number of benzene rings is 2. The highest BCUT2D eigenvalue weighted by Gasteiger charge is 2.23. The number of hydrogen-bond acceptors (Lipinski definition) is 4. The number of amides is 1. The topological polar surface area (TPSA) is 74.0 Å². The lowest BCUT2D eigenvalue weighted by Crippen LogP contribution is -2.25. The fourth-order valence-corrected chi connectivity index (χ4v) is 4.00. The summed E-state index contributed by atoms with van der Waals surface area (Å²) in [5.41, 5.74) is 4.32. The van der Waals surface area contributed by atoms with Crippen molar-refractivity contribution in [3.05, 3.63) is 84.3 Å². The molecule has 3 heterocycles. The van der Waals surface area contributed by atoms with Crippen LogP contribution < -0.4 is 10.1 Å². The minimum atomic E-state index is -0.210. The van der Waals surface area contributed by atoms with Gasteiger partial charge in [0.2, 0.25) is 5.95 Å². The Morgan fingerprint density at radius 3 is 2.55 bits per heavy atom. The van der Waals surface area contributed by atoms with Crippen molar-refractivity contribution >= 4 is 27.8 Å². The number of carbonyl (C=O) groups excluding carboxylic acids is 1. The Balaban J connectivity index is 1.63. The average Bonchev–Trinajstić information content (AvgIpc) is 3.34. The van der Waals surface area contributed by atoms with Crippen molar-refractivity contribution < 1.29 is 9.53 Å². The average molecular weight is 411 g/mol. The molecule has 0 radical (unpaired) electrons. The van der Waals surface area contributed by atoms with Gasteiger partial charge in [0.15, 0.2) is 0 Å². The number of para-hydroxylation sites is 2. The second-order valence-corrected chi connectivity index (χ2v) is 7.22. The number of nitrogens with zero attached hydrogens (tertiary/aromatic N) is 4. The van der Waals surface area contributed by atoms with Crippen molar-refractivity contribution in [3.8, 4) is 11.7 Å². The van der Waals surface area contributed by atoms with E-state index in [1.807, 2.05) is 60.1 Å². The van der Waals surface area contributed by atoms with Gasteiger partial charge in [0.05, 0.1) is 23.7 Å². The first kappa shape index (κ1) is 18.9. The molecule has 0 fully saturated rings. The molecule has 0 aliphatic heterocycles. The van der Waals surface area contributed by atoms with Crippen LogP contribution in [0.15, 0.2) is 73.1 Å². The minimum absolute atomic E-state index is 0.210. The first-order chi connectivity index (χ1) is 15.2. The molecule has 0 unspecified atom stereocenters. The van der Waals surface area contributed by atoms with E-state index in [1.54, 1.807) is 25.6 Å². The normalized spacial score (nSPS) is 11.2. The van der Waals surface area contributed by atoms with Crippen LogP contribution in [0.4, 0.5) is 0 Å². The molecule has 0 atom stereocenters. The van der Waals surface area contributed by atoms with Gasteiger partial charge in [-0.25, -0.2) is 9.97 Å². The molecule has 7 heteroatoms. The monoisotopic (exact) mass is 411 g/mol. The van der Waals surface area contributed by atoms with Gasteiger partial charge in [-0.15, -0.1) is 0 Å². The quantitative estimate of drug-likeness (QED) is 0.477. The van der Waals surface area contributed by atoms with Crippen LogP contribution in [0, 0.1) is 0 Å². The molecule has 0 aliphatic rings. The Hall–Kier alpha value is -4.13. The third-order valence-electron chi connectivity index (χ3n) is 5.48. The molecule has 2 aromatic carbocycles. The van der Waals surface area contributed by atoms with E-state index < -0.39 is 0 Å². The van der Waals surface area contributed by atoms with Crippen molar-refractivity contribution in [1.29, 1.82) is 0 Å². The number of aromatic nitrogens is 4. The third kappa shape index (κ3) is 3.11. The summed E-state index contributed by atoms with van der Waals surface area (Å²) in [5.74, 6) is 0.982. The van der Waals surface area contributed by atoms with Crippen molar-refractivity contribution in [2.75, 3.05) is 7.11 Å². The fourth-order valence-electron chi connectivity index (χ4n) is 4.00. The van der Waals surface area contributed by atoms with Crippen LogP contribution in [0.2, 0.25) is 0 Å². The maximum absolute atomic E-state index is 13.3. The molecule has 1 amide bonds. The number of rotatable bonds is 5. The highest BCUT2D eigenvalue weighted by Crippen LogP contribution is 2.32. The van der Waals surface area contributed by atoms with Crippen LogP contribution in [0.3, 0.4) is 0 Å². The van der Waals surface area contributed by atoms with Gasteiger partial charge < -0.3 is 14.6 Å². The number of ether oxygens (including phenoxy) is 1. The zero-order chi connectivity index (χ0) is 21.4. The first-order valence-electron chi connectivity index (χ1n) is 9.95. The summed E-state index contributed by atoms with van der Waals surface area (Å²) in [4.78, 5) is 22.1. The van der Waals surface area contributed by atoms with Crippen LogP contribution in [-0.4, -0.2) is 32.1 Å². The Morgan fingerprint density at radius 2 is 1.74 bits per heavy atom. The van der Waals surface area contributed by atoms with E-state index in [-0.39, 0.29) is 5.91 Å². The summed E-state index contributed by atoms with van der Waals surface area (Å²) in [6, 6.07) is 19.4. The molecule has 31 heavy (non-hydrogen) atoms. The van der Waals surface area contributed by atoms with E-state index in [2.05, 4.69) is 25.9 Å². The van der Waals surface area contributed by atoms with Crippen LogP contribution >= 0.6 is 0 Å². The standard InChI is InChI=1S/C24H21N5O2/c1-28-18-10-5-4-9-17(18)22-19(28)14-20(29(22)24-25-12-7-13-26-24)23(30)27-15-16-8-3-6-11-21(16)31-2/h3-14H,15H2,1-2H3,(H,27,30). The van der Waals surface area contributed by atoms with Crippen LogP contribution in [0.1, 0.15) is 16.1 Å². The summed E-state index contributed by atoms with van der Waals surface area (Å²) >= 11 is 0. The molecule has 1 N–H and O–H groups in total.